The van der Waals surface area contributed by atoms with E-state index in [0.29, 0.717) is 35.9 Å². The number of aliphatic carboxylic acids is 1. The number of terminal acetylenes is 1. The number of thiazole rings is 1. The summed E-state index contributed by atoms with van der Waals surface area (Å²) in [7, 11) is 1.91. The van der Waals surface area contributed by atoms with E-state index in [-0.39, 0.29) is 30.7 Å². The maximum atomic E-state index is 13.0. The molecule has 7 nitrogen and oxygen atoms in total. The fourth-order valence-electron chi connectivity index (χ4n) is 3.76. The van der Waals surface area contributed by atoms with Gasteiger partial charge in [-0.3, -0.25) is 9.59 Å². The molecule has 1 aromatic heterocycles. The van der Waals surface area contributed by atoms with Gasteiger partial charge in [-0.05, 0) is 37.8 Å². The number of aromatic nitrogens is 1. The Morgan fingerprint density at radius 3 is 2.50 bits per heavy atom. The highest BCUT2D eigenvalue weighted by molar-refractivity contribution is 7.09. The van der Waals surface area contributed by atoms with E-state index in [1.54, 1.807) is 12.3 Å². The predicted molar refractivity (Wildman–Crippen MR) is 135 cm³/mol. The van der Waals surface area contributed by atoms with Gasteiger partial charge in [-0.1, -0.05) is 57.0 Å². The number of amides is 1. The van der Waals surface area contributed by atoms with Crippen LogP contribution in [0.15, 0.2) is 35.7 Å². The Hall–Kier alpha value is -2.73. The number of benzene rings is 1. The van der Waals surface area contributed by atoms with Crippen LogP contribution in [0, 0.1) is 24.2 Å². The van der Waals surface area contributed by atoms with Crippen molar-refractivity contribution < 1.29 is 19.4 Å². The van der Waals surface area contributed by atoms with E-state index in [4.69, 9.17) is 11.2 Å². The molecule has 8 heteroatoms. The molecule has 3 N–H and O–H groups in total. The van der Waals surface area contributed by atoms with Crippen molar-refractivity contribution >= 4 is 23.2 Å². The Morgan fingerprint density at radius 1 is 1.21 bits per heavy atom. The summed E-state index contributed by atoms with van der Waals surface area (Å²) in [5, 5.41) is 18.1. The van der Waals surface area contributed by atoms with Gasteiger partial charge in [-0.2, -0.15) is 0 Å². The van der Waals surface area contributed by atoms with Gasteiger partial charge in [0, 0.05) is 17.5 Å². The minimum absolute atomic E-state index is 0.159. The van der Waals surface area contributed by atoms with E-state index in [1.165, 1.54) is 11.3 Å². The number of rotatable bonds is 14. The number of carboxylic acid groups (broad SMARTS) is 1. The molecular formula is C26H35N3O4S. The molecule has 2 rings (SSSR count). The monoisotopic (exact) mass is 485 g/mol. The molecular weight excluding hydrogens is 450 g/mol. The summed E-state index contributed by atoms with van der Waals surface area (Å²) in [6.45, 7) is 6.07. The lowest BCUT2D eigenvalue weighted by molar-refractivity contribution is -0.141. The Bertz CT molecular complexity index is 954. The van der Waals surface area contributed by atoms with Crippen LogP contribution in [0.2, 0.25) is 0 Å². The van der Waals surface area contributed by atoms with Gasteiger partial charge in [-0.25, -0.2) is 4.98 Å². The van der Waals surface area contributed by atoms with Crippen LogP contribution in [0.4, 0.5) is 0 Å². The molecule has 0 aliphatic carbocycles. The molecule has 2 aromatic rings. The minimum atomic E-state index is -0.888. The number of carboxylic acids is 1. The lowest BCUT2D eigenvalue weighted by Crippen LogP contribution is -2.38. The van der Waals surface area contributed by atoms with Crippen LogP contribution in [0.1, 0.15) is 60.8 Å². The molecule has 1 aromatic carbocycles. The summed E-state index contributed by atoms with van der Waals surface area (Å²) in [6.07, 6.45) is 6.60. The summed E-state index contributed by atoms with van der Waals surface area (Å²) in [4.78, 5) is 29.0. The first-order valence-electron chi connectivity index (χ1n) is 11.5. The van der Waals surface area contributed by atoms with Crippen molar-refractivity contribution in [1.29, 1.82) is 0 Å². The van der Waals surface area contributed by atoms with Crippen LogP contribution < -0.4 is 10.6 Å². The third-order valence-electron chi connectivity index (χ3n) is 5.76. The van der Waals surface area contributed by atoms with Crippen molar-refractivity contribution in [3.8, 4) is 12.3 Å². The highest BCUT2D eigenvalue weighted by Gasteiger charge is 2.26. The molecule has 34 heavy (non-hydrogen) atoms. The fourth-order valence-corrected chi connectivity index (χ4v) is 4.62. The zero-order chi connectivity index (χ0) is 25.1. The standard InChI is InChI=1S/C26H35N3O4S/c1-6-12-33-23(15-21(27-5)17(2)3)25-29-22(16-34-25)24(30)28-20(13-18(4)26(31)32)14-19-10-8-7-9-11-19/h1,7-11,16-18,20-21,23,27H,12-15H2,2-5H3,(H,28,30)(H,31,32)/t18?,20?,21-,23-/m1/s1. The number of ether oxygens (including phenoxy) is 1. The van der Waals surface area contributed by atoms with E-state index < -0.39 is 11.9 Å². The summed E-state index contributed by atoms with van der Waals surface area (Å²) in [5.74, 6) is 1.09. The molecule has 0 aliphatic rings. The van der Waals surface area contributed by atoms with Gasteiger partial charge in [0.25, 0.3) is 5.91 Å². The predicted octanol–water partition coefficient (Wildman–Crippen LogP) is 3.92. The van der Waals surface area contributed by atoms with Crippen LogP contribution in [-0.2, 0) is 16.0 Å². The van der Waals surface area contributed by atoms with Gasteiger partial charge in [-0.15, -0.1) is 17.8 Å². The van der Waals surface area contributed by atoms with Crippen molar-refractivity contribution in [2.75, 3.05) is 13.7 Å². The number of carbonyl (C=O) groups excluding carboxylic acids is 1. The normalized spacial score (nSPS) is 14.7. The molecule has 0 aliphatic heterocycles. The van der Waals surface area contributed by atoms with Gasteiger partial charge in [0.1, 0.15) is 23.4 Å². The Kier molecular flexibility index (Phi) is 11.2. The SMILES string of the molecule is C#CCO[C@H](C[C@@H](NC)C(C)C)c1nc(C(=O)NC(Cc2ccccc2)CC(C)C(=O)O)cs1. The van der Waals surface area contributed by atoms with Crippen molar-refractivity contribution in [1.82, 2.24) is 15.6 Å². The van der Waals surface area contributed by atoms with Gasteiger partial charge >= 0.3 is 5.97 Å². The second-order valence-corrected chi connectivity index (χ2v) is 9.67. The Balaban J connectivity index is 2.16. The molecule has 0 bridgehead atoms. The molecule has 0 saturated carbocycles. The average Bonchev–Trinajstić information content (AvgIpc) is 3.30. The summed E-state index contributed by atoms with van der Waals surface area (Å²) < 4.78 is 5.87. The van der Waals surface area contributed by atoms with E-state index in [0.717, 1.165) is 5.56 Å². The maximum absolute atomic E-state index is 13.0. The van der Waals surface area contributed by atoms with Crippen LogP contribution in [-0.4, -0.2) is 47.7 Å². The van der Waals surface area contributed by atoms with Gasteiger partial charge in [0.05, 0.1) is 5.92 Å². The Labute approximate surface area is 206 Å². The van der Waals surface area contributed by atoms with E-state index in [1.807, 2.05) is 37.4 Å². The van der Waals surface area contributed by atoms with E-state index in [9.17, 15) is 14.7 Å². The average molecular weight is 486 g/mol. The third kappa shape index (κ3) is 8.56. The van der Waals surface area contributed by atoms with Crippen LogP contribution in [0.3, 0.4) is 0 Å². The van der Waals surface area contributed by atoms with Crippen molar-refractivity contribution in [2.24, 2.45) is 11.8 Å². The molecule has 0 radical (unpaired) electrons. The summed E-state index contributed by atoms with van der Waals surface area (Å²) >= 11 is 1.36. The largest absolute Gasteiger partial charge is 0.481 e. The zero-order valence-electron chi connectivity index (χ0n) is 20.3. The fraction of sp³-hybridized carbons (Fsp3) is 0.500. The molecule has 2 unspecified atom stereocenters. The maximum Gasteiger partial charge on any atom is 0.306 e. The van der Waals surface area contributed by atoms with Crippen molar-refractivity contribution in [2.45, 2.75) is 58.2 Å². The molecule has 0 spiro atoms. The first kappa shape index (κ1) is 27.5. The highest BCUT2D eigenvalue weighted by atomic mass is 32.1. The van der Waals surface area contributed by atoms with Gasteiger partial charge in [0.15, 0.2) is 0 Å². The van der Waals surface area contributed by atoms with Crippen LogP contribution in [0.25, 0.3) is 0 Å². The molecule has 1 heterocycles. The van der Waals surface area contributed by atoms with Crippen LogP contribution >= 0.6 is 11.3 Å². The number of nitrogens with one attached hydrogen (secondary N) is 2. The third-order valence-corrected chi connectivity index (χ3v) is 6.70. The summed E-state index contributed by atoms with van der Waals surface area (Å²) in [6, 6.07) is 9.56. The number of hydrogen-bond acceptors (Lipinski definition) is 6. The molecule has 0 fully saturated rings. The first-order chi connectivity index (χ1) is 16.2. The molecule has 0 saturated heterocycles. The van der Waals surface area contributed by atoms with Crippen LogP contribution in [0.5, 0.6) is 0 Å². The topological polar surface area (TPSA) is 101 Å². The molecule has 184 valence electrons. The second-order valence-electron chi connectivity index (χ2n) is 8.78. The number of nitrogens with zero attached hydrogens (tertiary/aromatic N) is 1. The number of hydrogen-bond donors (Lipinski definition) is 3. The van der Waals surface area contributed by atoms with Crippen molar-refractivity contribution in [3.63, 3.8) is 0 Å². The van der Waals surface area contributed by atoms with Crippen molar-refractivity contribution in [3.05, 3.63) is 52.0 Å². The Morgan fingerprint density at radius 2 is 1.91 bits per heavy atom. The smallest absolute Gasteiger partial charge is 0.306 e. The lowest BCUT2D eigenvalue weighted by atomic mass is 9.96. The van der Waals surface area contributed by atoms with Gasteiger partial charge < -0.3 is 20.5 Å². The highest BCUT2D eigenvalue weighted by Crippen LogP contribution is 2.28. The summed E-state index contributed by atoms with van der Waals surface area (Å²) in [5.41, 5.74) is 1.32. The van der Waals surface area contributed by atoms with E-state index in [2.05, 4.69) is 35.4 Å². The van der Waals surface area contributed by atoms with Gasteiger partial charge in [0.2, 0.25) is 0 Å². The first-order valence-corrected chi connectivity index (χ1v) is 12.4. The molecule has 1 amide bonds. The lowest BCUT2D eigenvalue weighted by Gasteiger charge is -2.24. The van der Waals surface area contributed by atoms with E-state index >= 15 is 0 Å². The molecule has 4 atom stereocenters. The number of carbonyl (C=O) groups is 2. The second kappa shape index (κ2) is 13.9. The zero-order valence-corrected chi connectivity index (χ0v) is 21.1. The minimum Gasteiger partial charge on any atom is -0.481 e. The quantitative estimate of drug-likeness (QED) is 0.351.